The average molecular weight is 382 g/mol. The molecule has 1 fully saturated rings. The van der Waals surface area contributed by atoms with Crippen LogP contribution in [0.3, 0.4) is 0 Å². The van der Waals surface area contributed by atoms with Gasteiger partial charge in [-0.05, 0) is 12.1 Å². The van der Waals surface area contributed by atoms with Gasteiger partial charge in [-0.3, -0.25) is 0 Å². The number of rotatable bonds is 3. The van der Waals surface area contributed by atoms with E-state index in [4.69, 9.17) is 14.9 Å². The molecular weight excluding hydrogens is 364 g/mol. The van der Waals surface area contributed by atoms with Gasteiger partial charge in [0.25, 0.3) is 0 Å². The second-order valence-corrected chi connectivity index (χ2v) is 6.78. The monoisotopic (exact) mass is 382 g/mol. The van der Waals surface area contributed by atoms with Gasteiger partial charge in [-0.1, -0.05) is 18.2 Å². The van der Waals surface area contributed by atoms with Crippen LogP contribution in [-0.2, 0) is 4.74 Å². The van der Waals surface area contributed by atoms with Crippen molar-refractivity contribution in [1.82, 2.24) is 14.5 Å². The Bertz CT molecular complexity index is 1140. The lowest BCUT2D eigenvalue weighted by Crippen LogP contribution is -2.33. The summed E-state index contributed by atoms with van der Waals surface area (Å²) in [7, 11) is 0. The van der Waals surface area contributed by atoms with Crippen molar-refractivity contribution < 1.29 is 24.5 Å². The third-order valence-electron chi connectivity index (χ3n) is 5.12. The van der Waals surface area contributed by atoms with E-state index >= 15 is 0 Å². The number of benzene rings is 1. The van der Waals surface area contributed by atoms with Gasteiger partial charge in [0.05, 0.1) is 12.0 Å². The topological polar surface area (TPSA) is 140 Å². The number of hydrogen-bond donors (Lipinski definition) is 4. The van der Waals surface area contributed by atoms with E-state index in [1.165, 1.54) is 6.33 Å². The second-order valence-electron chi connectivity index (χ2n) is 6.78. The van der Waals surface area contributed by atoms with Crippen LogP contribution >= 0.6 is 0 Å². The molecule has 1 aliphatic rings. The van der Waals surface area contributed by atoms with E-state index in [2.05, 4.69) is 9.97 Å². The van der Waals surface area contributed by atoms with E-state index in [1.807, 2.05) is 30.3 Å². The summed E-state index contributed by atoms with van der Waals surface area (Å²) in [6.45, 7) is -0.415. The Balaban J connectivity index is 1.71. The highest BCUT2D eigenvalue weighted by Gasteiger charge is 2.44. The SMILES string of the molecule is Nc1ncnc2c1c(-c1cc3ccccc3o1)cn2[C@@H]1O[C@H](CO)C(O)C1O. The molecule has 0 aliphatic carbocycles. The lowest BCUT2D eigenvalue weighted by Gasteiger charge is -2.17. The van der Waals surface area contributed by atoms with Gasteiger partial charge in [0.1, 0.15) is 47.4 Å². The fourth-order valence-electron chi connectivity index (χ4n) is 3.71. The number of hydrogen-bond acceptors (Lipinski definition) is 8. The Morgan fingerprint density at radius 3 is 2.71 bits per heavy atom. The van der Waals surface area contributed by atoms with Crippen LogP contribution in [0.15, 0.2) is 47.3 Å². The van der Waals surface area contributed by atoms with Gasteiger partial charge in [0, 0.05) is 17.1 Å². The number of aliphatic hydroxyl groups is 3. The van der Waals surface area contributed by atoms with Crippen molar-refractivity contribution in [2.45, 2.75) is 24.5 Å². The molecule has 9 nitrogen and oxygen atoms in total. The first-order valence-electron chi connectivity index (χ1n) is 8.81. The Hall–Kier alpha value is -2.98. The predicted molar refractivity (Wildman–Crippen MR) is 100 cm³/mol. The van der Waals surface area contributed by atoms with Crippen LogP contribution in [0, 0.1) is 0 Å². The van der Waals surface area contributed by atoms with E-state index < -0.39 is 31.1 Å². The Morgan fingerprint density at radius 2 is 1.96 bits per heavy atom. The molecule has 4 aromatic rings. The zero-order chi connectivity index (χ0) is 19.4. The van der Waals surface area contributed by atoms with Crippen LogP contribution < -0.4 is 5.73 Å². The molecule has 0 amide bonds. The number of aliphatic hydroxyl groups excluding tert-OH is 3. The summed E-state index contributed by atoms with van der Waals surface area (Å²) in [4.78, 5) is 8.36. The number of ether oxygens (including phenoxy) is 1. The third kappa shape index (κ3) is 2.41. The minimum atomic E-state index is -1.24. The quantitative estimate of drug-likeness (QED) is 0.412. The molecule has 0 spiro atoms. The number of para-hydroxylation sites is 1. The van der Waals surface area contributed by atoms with Gasteiger partial charge in [-0.15, -0.1) is 0 Å². The molecule has 0 radical (unpaired) electrons. The first-order valence-corrected chi connectivity index (χ1v) is 8.81. The van der Waals surface area contributed by atoms with E-state index in [9.17, 15) is 15.3 Å². The molecule has 1 aliphatic heterocycles. The second kappa shape index (κ2) is 6.28. The Kier molecular flexibility index (Phi) is 3.84. The number of nitrogens with zero attached hydrogens (tertiary/aromatic N) is 3. The first kappa shape index (κ1) is 17.1. The number of fused-ring (bicyclic) bond motifs is 2. The molecule has 5 rings (SSSR count). The Morgan fingerprint density at radius 1 is 1.14 bits per heavy atom. The molecule has 4 heterocycles. The van der Waals surface area contributed by atoms with Crippen LogP contribution in [0.1, 0.15) is 6.23 Å². The fourth-order valence-corrected chi connectivity index (χ4v) is 3.71. The van der Waals surface area contributed by atoms with Crippen molar-refractivity contribution in [3.05, 3.63) is 42.9 Å². The van der Waals surface area contributed by atoms with Crippen LogP contribution in [0.2, 0.25) is 0 Å². The molecular formula is C19H18N4O5. The summed E-state index contributed by atoms with van der Waals surface area (Å²) < 4.78 is 13.2. The number of nitrogens with two attached hydrogens (primary N) is 1. The van der Waals surface area contributed by atoms with Crippen LogP contribution in [0.4, 0.5) is 5.82 Å². The van der Waals surface area contributed by atoms with E-state index in [1.54, 1.807) is 10.8 Å². The third-order valence-corrected chi connectivity index (χ3v) is 5.12. The molecule has 1 saturated heterocycles. The summed E-state index contributed by atoms with van der Waals surface area (Å²) in [5, 5.41) is 31.4. The number of aromatic nitrogens is 3. The van der Waals surface area contributed by atoms with Gasteiger partial charge < -0.3 is 34.8 Å². The van der Waals surface area contributed by atoms with Crippen molar-refractivity contribution in [3.63, 3.8) is 0 Å². The molecule has 3 aromatic heterocycles. The number of furan rings is 1. The van der Waals surface area contributed by atoms with E-state index in [0.29, 0.717) is 22.4 Å². The lowest BCUT2D eigenvalue weighted by atomic mass is 10.1. The smallest absolute Gasteiger partial charge is 0.164 e. The van der Waals surface area contributed by atoms with Crippen LogP contribution in [0.5, 0.6) is 0 Å². The number of anilines is 1. The molecule has 9 heteroatoms. The molecule has 4 atom stereocenters. The van der Waals surface area contributed by atoms with Crippen molar-refractivity contribution in [1.29, 1.82) is 0 Å². The summed E-state index contributed by atoms with van der Waals surface area (Å²) in [6.07, 6.45) is -1.28. The highest BCUT2D eigenvalue weighted by atomic mass is 16.6. The fraction of sp³-hybridized carbons (Fsp3) is 0.263. The standard InChI is InChI=1S/C19H18N4O5/c20-17-14-10(12-5-9-3-1-2-4-11(9)27-12)6-23(18(14)22-8-21-17)19-16(26)15(25)13(7-24)28-19/h1-6,8,13,15-16,19,24-26H,7H2,(H2,20,21,22)/t13-,15?,16?,19-/m1/s1. The van der Waals surface area contributed by atoms with Gasteiger partial charge in [-0.2, -0.15) is 0 Å². The minimum Gasteiger partial charge on any atom is -0.456 e. The summed E-state index contributed by atoms with van der Waals surface area (Å²) in [5.74, 6) is 0.823. The summed E-state index contributed by atoms with van der Waals surface area (Å²) in [6, 6.07) is 9.49. The van der Waals surface area contributed by atoms with Gasteiger partial charge in [0.2, 0.25) is 0 Å². The maximum Gasteiger partial charge on any atom is 0.164 e. The molecule has 1 aromatic carbocycles. The molecule has 144 valence electrons. The normalized spacial score (nSPS) is 25.1. The molecule has 5 N–H and O–H groups in total. The van der Waals surface area contributed by atoms with Crippen molar-refractivity contribution in [2.24, 2.45) is 0 Å². The molecule has 0 saturated carbocycles. The van der Waals surface area contributed by atoms with E-state index in [0.717, 1.165) is 11.0 Å². The maximum absolute atomic E-state index is 10.4. The van der Waals surface area contributed by atoms with Crippen LogP contribution in [0.25, 0.3) is 33.3 Å². The molecule has 2 unspecified atom stereocenters. The van der Waals surface area contributed by atoms with Gasteiger partial charge in [-0.25, -0.2) is 9.97 Å². The molecule has 0 bridgehead atoms. The first-order chi connectivity index (χ1) is 13.6. The highest BCUT2D eigenvalue weighted by molar-refractivity contribution is 6.01. The zero-order valence-corrected chi connectivity index (χ0v) is 14.6. The van der Waals surface area contributed by atoms with Gasteiger partial charge in [0.15, 0.2) is 6.23 Å². The van der Waals surface area contributed by atoms with Crippen molar-refractivity contribution in [2.75, 3.05) is 12.3 Å². The average Bonchev–Trinajstić information content (AvgIpc) is 3.37. The summed E-state index contributed by atoms with van der Waals surface area (Å²) in [5.41, 5.74) is 7.91. The number of nitrogen functional groups attached to an aromatic ring is 1. The largest absolute Gasteiger partial charge is 0.456 e. The Labute approximate surface area is 158 Å². The summed E-state index contributed by atoms with van der Waals surface area (Å²) >= 11 is 0. The van der Waals surface area contributed by atoms with Crippen LogP contribution in [-0.4, -0.2) is 54.8 Å². The van der Waals surface area contributed by atoms with Crippen molar-refractivity contribution in [3.8, 4) is 11.3 Å². The minimum absolute atomic E-state index is 0.256. The predicted octanol–water partition coefficient (Wildman–Crippen LogP) is 1.04. The zero-order valence-electron chi connectivity index (χ0n) is 14.6. The lowest BCUT2D eigenvalue weighted by molar-refractivity contribution is -0.0508. The van der Waals surface area contributed by atoms with E-state index in [-0.39, 0.29) is 5.82 Å². The highest BCUT2D eigenvalue weighted by Crippen LogP contribution is 2.39. The van der Waals surface area contributed by atoms with Gasteiger partial charge >= 0.3 is 0 Å². The maximum atomic E-state index is 10.4. The van der Waals surface area contributed by atoms with Crippen molar-refractivity contribution >= 4 is 27.8 Å². The molecule has 28 heavy (non-hydrogen) atoms.